The van der Waals surface area contributed by atoms with Crippen molar-refractivity contribution in [3.63, 3.8) is 0 Å². The number of rotatable bonds is 51. The largest absolute Gasteiger partial charge is 0.415 e. The summed E-state index contributed by atoms with van der Waals surface area (Å²) in [6, 6.07) is 0. The van der Waals surface area contributed by atoms with Crippen LogP contribution in [0.25, 0.3) is 0 Å². The number of unbranched alkanes of at least 4 members (excludes halogenated alkanes) is 12. The second-order valence-corrected chi connectivity index (χ2v) is 19.1. The van der Waals surface area contributed by atoms with Crippen LogP contribution in [0.2, 0.25) is 19.6 Å². The van der Waals surface area contributed by atoms with Crippen LogP contribution in [-0.4, -0.2) is 173 Å². The zero-order valence-electron chi connectivity index (χ0n) is 36.7. The fourth-order valence-corrected chi connectivity index (χ4v) is 5.85. The van der Waals surface area contributed by atoms with Crippen LogP contribution in [-0.2, 0) is 61.3 Å². The molecule has 0 heterocycles. The first-order valence-electron chi connectivity index (χ1n) is 22.1. The van der Waals surface area contributed by atoms with Crippen LogP contribution >= 0.6 is 0 Å². The van der Waals surface area contributed by atoms with Gasteiger partial charge in [0.2, 0.25) is 0 Å². The lowest BCUT2D eigenvalue weighted by molar-refractivity contribution is -0.0285. The Morgan fingerprint density at radius 2 is 0.393 bits per heavy atom. The van der Waals surface area contributed by atoms with Crippen molar-refractivity contribution < 1.29 is 61.3 Å². The van der Waals surface area contributed by atoms with Gasteiger partial charge >= 0.3 is 0 Å². The summed E-state index contributed by atoms with van der Waals surface area (Å²) in [6.07, 6.45) is 17.8. The zero-order valence-corrected chi connectivity index (χ0v) is 37.7. The van der Waals surface area contributed by atoms with Gasteiger partial charge in [0.25, 0.3) is 0 Å². The highest BCUT2D eigenvalue weighted by molar-refractivity contribution is 6.69. The predicted molar refractivity (Wildman–Crippen MR) is 225 cm³/mol. The van der Waals surface area contributed by atoms with E-state index < -0.39 is 8.32 Å². The van der Waals surface area contributed by atoms with Crippen LogP contribution in [0.4, 0.5) is 0 Å². The first kappa shape index (κ1) is 55.7. The SMILES string of the molecule is CCCCCCCCCCCCCCCOCCOCCOCCOCCOCCOCCOCCOCCOCCOCCOCCOCCO[Si](C)(C)C. The van der Waals surface area contributed by atoms with Crippen LogP contribution in [0.3, 0.4) is 0 Å². The first-order chi connectivity index (χ1) is 27.6. The summed E-state index contributed by atoms with van der Waals surface area (Å²) in [5.74, 6) is 0. The summed E-state index contributed by atoms with van der Waals surface area (Å²) in [5, 5.41) is 0. The molecule has 0 rings (SSSR count). The van der Waals surface area contributed by atoms with Gasteiger partial charge in [0, 0.05) is 6.61 Å². The summed E-state index contributed by atoms with van der Waals surface area (Å²) < 4.78 is 72.1. The van der Waals surface area contributed by atoms with E-state index in [0.717, 1.165) is 13.0 Å². The van der Waals surface area contributed by atoms with Gasteiger partial charge in [0.15, 0.2) is 8.32 Å². The number of hydrogen-bond donors (Lipinski definition) is 0. The van der Waals surface area contributed by atoms with Crippen molar-refractivity contribution in [1.29, 1.82) is 0 Å². The maximum Gasteiger partial charge on any atom is 0.183 e. The third-order valence-electron chi connectivity index (χ3n) is 8.25. The maximum atomic E-state index is 5.73. The van der Waals surface area contributed by atoms with Gasteiger partial charge in [-0.05, 0) is 26.1 Å². The summed E-state index contributed by atoms with van der Waals surface area (Å²) in [5.41, 5.74) is 0. The molecule has 0 aliphatic carbocycles. The van der Waals surface area contributed by atoms with E-state index in [1.54, 1.807) is 0 Å². The molecule has 338 valence electrons. The van der Waals surface area contributed by atoms with E-state index in [-0.39, 0.29) is 0 Å². The minimum Gasteiger partial charge on any atom is -0.415 e. The monoisotopic (exact) mass is 829 g/mol. The van der Waals surface area contributed by atoms with Crippen LogP contribution in [0.1, 0.15) is 90.4 Å². The third kappa shape index (κ3) is 53.7. The number of ether oxygens (including phenoxy) is 12. The Labute approximate surface area is 344 Å². The van der Waals surface area contributed by atoms with Gasteiger partial charge in [-0.25, -0.2) is 0 Å². The predicted octanol–water partition coefficient (Wildman–Crippen LogP) is 7.13. The van der Waals surface area contributed by atoms with Crippen LogP contribution in [0.5, 0.6) is 0 Å². The summed E-state index contributed by atoms with van der Waals surface area (Å²) in [6.45, 7) is 22.8. The Morgan fingerprint density at radius 1 is 0.214 bits per heavy atom. The molecule has 13 nitrogen and oxygen atoms in total. The van der Waals surface area contributed by atoms with Crippen molar-refractivity contribution in [2.75, 3.05) is 165 Å². The molecular formula is C42H88O13Si. The van der Waals surface area contributed by atoms with Crippen molar-refractivity contribution in [2.45, 2.75) is 110 Å². The molecule has 56 heavy (non-hydrogen) atoms. The minimum absolute atomic E-state index is 0.517. The van der Waals surface area contributed by atoms with Crippen LogP contribution < -0.4 is 0 Å². The van der Waals surface area contributed by atoms with E-state index in [0.29, 0.717) is 159 Å². The maximum absolute atomic E-state index is 5.73. The molecule has 0 unspecified atom stereocenters. The molecule has 0 aliphatic rings. The molecule has 0 aromatic heterocycles. The molecule has 0 aromatic carbocycles. The van der Waals surface area contributed by atoms with Gasteiger partial charge in [-0.15, -0.1) is 0 Å². The van der Waals surface area contributed by atoms with Gasteiger partial charge in [-0.2, -0.15) is 0 Å². The number of hydrogen-bond acceptors (Lipinski definition) is 13. The molecule has 0 fully saturated rings. The minimum atomic E-state index is -1.45. The van der Waals surface area contributed by atoms with Gasteiger partial charge in [-0.1, -0.05) is 84.0 Å². The normalized spacial score (nSPS) is 12.0. The van der Waals surface area contributed by atoms with Gasteiger partial charge in [-0.3, -0.25) is 0 Å². The molecule has 0 bridgehead atoms. The van der Waals surface area contributed by atoms with Crippen LogP contribution in [0.15, 0.2) is 0 Å². The van der Waals surface area contributed by atoms with Crippen LogP contribution in [0, 0.1) is 0 Å². The molecule has 0 aliphatic heterocycles. The Balaban J connectivity index is 3.06. The van der Waals surface area contributed by atoms with Crippen molar-refractivity contribution in [3.05, 3.63) is 0 Å². The second-order valence-electron chi connectivity index (χ2n) is 14.6. The standard InChI is InChI=1S/C42H88O13Si/c1-5-6-7-8-9-10-11-12-13-14-15-16-17-18-43-19-20-44-21-22-45-23-24-46-25-26-47-27-28-48-29-30-49-31-32-50-33-34-51-35-36-52-37-38-53-39-40-54-41-42-55-56(2,3)4/h5-42H2,1-4H3. The molecule has 0 aromatic rings. The van der Waals surface area contributed by atoms with Gasteiger partial charge in [0.05, 0.1) is 159 Å². The summed E-state index contributed by atoms with van der Waals surface area (Å²) in [4.78, 5) is 0. The molecular weight excluding hydrogens is 741 g/mol. The lowest BCUT2D eigenvalue weighted by Gasteiger charge is -2.16. The van der Waals surface area contributed by atoms with Gasteiger partial charge < -0.3 is 61.3 Å². The van der Waals surface area contributed by atoms with E-state index in [1.807, 2.05) is 0 Å². The fraction of sp³-hybridized carbons (Fsp3) is 1.00. The molecule has 0 atom stereocenters. The first-order valence-corrected chi connectivity index (χ1v) is 25.5. The molecule has 14 heteroatoms. The highest BCUT2D eigenvalue weighted by Gasteiger charge is 2.13. The lowest BCUT2D eigenvalue weighted by atomic mass is 10.0. The molecule has 0 spiro atoms. The molecule has 0 saturated heterocycles. The third-order valence-corrected chi connectivity index (χ3v) is 9.32. The average molecular weight is 829 g/mol. The van der Waals surface area contributed by atoms with E-state index in [9.17, 15) is 0 Å². The Morgan fingerprint density at radius 3 is 0.607 bits per heavy atom. The lowest BCUT2D eigenvalue weighted by Crippen LogP contribution is -2.27. The highest BCUT2D eigenvalue weighted by Crippen LogP contribution is 2.12. The van der Waals surface area contributed by atoms with E-state index in [1.165, 1.54) is 77.0 Å². The van der Waals surface area contributed by atoms with Crippen molar-refractivity contribution in [2.24, 2.45) is 0 Å². The van der Waals surface area contributed by atoms with Crippen molar-refractivity contribution in [1.82, 2.24) is 0 Å². The second kappa shape index (κ2) is 49.1. The summed E-state index contributed by atoms with van der Waals surface area (Å²) in [7, 11) is -1.45. The molecule has 0 amide bonds. The topological polar surface area (TPSA) is 120 Å². The van der Waals surface area contributed by atoms with Crippen molar-refractivity contribution in [3.8, 4) is 0 Å². The van der Waals surface area contributed by atoms with E-state index in [2.05, 4.69) is 26.6 Å². The molecule has 0 N–H and O–H groups in total. The van der Waals surface area contributed by atoms with Gasteiger partial charge in [0.1, 0.15) is 0 Å². The highest BCUT2D eigenvalue weighted by atomic mass is 28.4. The quantitative estimate of drug-likeness (QED) is 0.0458. The van der Waals surface area contributed by atoms with Crippen molar-refractivity contribution >= 4 is 8.32 Å². The summed E-state index contributed by atoms with van der Waals surface area (Å²) >= 11 is 0. The van der Waals surface area contributed by atoms with E-state index in [4.69, 9.17) is 61.3 Å². The molecule has 0 radical (unpaired) electrons. The average Bonchev–Trinajstić information content (AvgIpc) is 3.18. The Hall–Kier alpha value is -0.303. The Bertz CT molecular complexity index is 706. The van der Waals surface area contributed by atoms with E-state index >= 15 is 0 Å². The zero-order chi connectivity index (χ0) is 40.6. The fourth-order valence-electron chi connectivity index (χ4n) is 5.15. The molecule has 0 saturated carbocycles. The Kier molecular flexibility index (Phi) is 48.8. The smallest absolute Gasteiger partial charge is 0.183 e.